The molecule has 1 saturated heterocycles. The smallest absolute Gasteiger partial charge is 0.245 e. The van der Waals surface area contributed by atoms with E-state index in [2.05, 4.69) is 15.4 Å². The predicted octanol–water partition coefficient (Wildman–Crippen LogP) is 1.98. The van der Waals surface area contributed by atoms with E-state index in [1.165, 1.54) is 22.5 Å². The molecule has 0 saturated carbocycles. The summed E-state index contributed by atoms with van der Waals surface area (Å²) < 4.78 is 42.9. The maximum absolute atomic E-state index is 14.1. The third-order valence-electron chi connectivity index (χ3n) is 6.11. The van der Waals surface area contributed by atoms with Gasteiger partial charge in [0.05, 0.1) is 0 Å². The van der Waals surface area contributed by atoms with Gasteiger partial charge in [0.1, 0.15) is 23.1 Å². The van der Waals surface area contributed by atoms with Crippen molar-refractivity contribution in [1.29, 1.82) is 0 Å². The fraction of sp³-hybridized carbons (Fsp3) is 0.318. The van der Waals surface area contributed by atoms with Gasteiger partial charge in [-0.15, -0.1) is 0 Å². The van der Waals surface area contributed by atoms with Crippen molar-refractivity contribution < 1.29 is 17.6 Å². The minimum Gasteiger partial charge on any atom is -0.349 e. The van der Waals surface area contributed by atoms with Crippen LogP contribution in [0.4, 0.5) is 4.39 Å². The Kier molecular flexibility index (Phi) is 5.06. The Bertz CT molecular complexity index is 1270. The second kappa shape index (κ2) is 7.79. The molecule has 1 amide bonds. The zero-order valence-corrected chi connectivity index (χ0v) is 18.1. The van der Waals surface area contributed by atoms with Crippen LogP contribution in [0, 0.1) is 5.82 Å². The third-order valence-corrected chi connectivity index (χ3v) is 8.04. The average Bonchev–Trinajstić information content (AvgIpc) is 3.11. The van der Waals surface area contributed by atoms with Gasteiger partial charge in [0.15, 0.2) is 5.82 Å². The molecular formula is C22H22FN5O3S. The highest BCUT2D eigenvalue weighted by Crippen LogP contribution is 2.32. The van der Waals surface area contributed by atoms with Crippen LogP contribution in [0.2, 0.25) is 0 Å². The Morgan fingerprint density at radius 2 is 1.69 bits per heavy atom. The van der Waals surface area contributed by atoms with Crippen LogP contribution < -0.4 is 5.32 Å². The largest absolute Gasteiger partial charge is 0.349 e. The first-order chi connectivity index (χ1) is 15.4. The van der Waals surface area contributed by atoms with E-state index >= 15 is 0 Å². The van der Waals surface area contributed by atoms with Gasteiger partial charge in [0, 0.05) is 30.6 Å². The lowest BCUT2D eigenvalue weighted by atomic mass is 9.85. The highest BCUT2D eigenvalue weighted by atomic mass is 32.2. The number of aromatic nitrogens is 3. The van der Waals surface area contributed by atoms with E-state index in [0.717, 1.165) is 11.6 Å². The molecule has 10 heteroatoms. The summed E-state index contributed by atoms with van der Waals surface area (Å²) in [4.78, 5) is 17.0. The SMILES string of the molecule is O=C1Cn2nc(-c3ccccc3)nc2CC2(CCN(S(=O)(=O)c3ccccc3F)CC2)N1. The van der Waals surface area contributed by atoms with Gasteiger partial charge in [-0.3, -0.25) is 4.79 Å². The molecule has 1 aromatic heterocycles. The van der Waals surface area contributed by atoms with Crippen LogP contribution >= 0.6 is 0 Å². The highest BCUT2D eigenvalue weighted by Gasteiger charge is 2.42. The van der Waals surface area contributed by atoms with E-state index in [4.69, 9.17) is 0 Å². The Balaban J connectivity index is 1.38. The van der Waals surface area contributed by atoms with E-state index in [-0.39, 0.29) is 30.4 Å². The maximum Gasteiger partial charge on any atom is 0.245 e. The topological polar surface area (TPSA) is 97.2 Å². The van der Waals surface area contributed by atoms with Crippen molar-refractivity contribution in [3.8, 4) is 11.4 Å². The maximum atomic E-state index is 14.1. The van der Waals surface area contributed by atoms with Crippen molar-refractivity contribution in [3.63, 3.8) is 0 Å². The van der Waals surface area contributed by atoms with Crippen LogP contribution in [0.3, 0.4) is 0 Å². The number of amides is 1. The summed E-state index contributed by atoms with van der Waals surface area (Å²) in [5.41, 5.74) is 0.251. The van der Waals surface area contributed by atoms with E-state index < -0.39 is 21.4 Å². The lowest BCUT2D eigenvalue weighted by Gasteiger charge is -2.40. The lowest BCUT2D eigenvalue weighted by molar-refractivity contribution is -0.123. The normalized spacial score (nSPS) is 18.7. The number of benzene rings is 2. The minimum atomic E-state index is -3.95. The molecule has 0 unspecified atom stereocenters. The van der Waals surface area contributed by atoms with Gasteiger partial charge >= 0.3 is 0 Å². The Morgan fingerprint density at radius 1 is 1.00 bits per heavy atom. The Labute approximate surface area is 185 Å². The molecule has 1 spiro atoms. The molecule has 1 N–H and O–H groups in total. The van der Waals surface area contributed by atoms with Crippen molar-refractivity contribution in [1.82, 2.24) is 24.4 Å². The van der Waals surface area contributed by atoms with Crippen molar-refractivity contribution in [2.75, 3.05) is 13.1 Å². The van der Waals surface area contributed by atoms with Gasteiger partial charge in [0.25, 0.3) is 0 Å². The van der Waals surface area contributed by atoms with Gasteiger partial charge in [0.2, 0.25) is 15.9 Å². The van der Waals surface area contributed by atoms with Crippen LogP contribution in [0.5, 0.6) is 0 Å². The highest BCUT2D eigenvalue weighted by molar-refractivity contribution is 7.89. The summed E-state index contributed by atoms with van der Waals surface area (Å²) in [6, 6.07) is 14.9. The number of hydrogen-bond donors (Lipinski definition) is 1. The predicted molar refractivity (Wildman–Crippen MR) is 114 cm³/mol. The van der Waals surface area contributed by atoms with Crippen LogP contribution in [-0.2, 0) is 27.8 Å². The van der Waals surface area contributed by atoms with E-state index in [1.54, 1.807) is 4.68 Å². The summed E-state index contributed by atoms with van der Waals surface area (Å²) in [6.45, 7) is 0.418. The summed E-state index contributed by atoms with van der Waals surface area (Å²) in [7, 11) is -3.95. The summed E-state index contributed by atoms with van der Waals surface area (Å²) in [5.74, 6) is 0.299. The molecule has 0 aliphatic carbocycles. The molecule has 166 valence electrons. The number of nitrogens with zero attached hydrogens (tertiary/aromatic N) is 4. The molecule has 3 heterocycles. The number of hydrogen-bond acceptors (Lipinski definition) is 5. The molecular weight excluding hydrogens is 433 g/mol. The quantitative estimate of drug-likeness (QED) is 0.651. The zero-order chi connectivity index (χ0) is 22.3. The molecule has 5 rings (SSSR count). The monoisotopic (exact) mass is 455 g/mol. The van der Waals surface area contributed by atoms with Gasteiger partial charge in [-0.1, -0.05) is 42.5 Å². The third kappa shape index (κ3) is 3.69. The number of carbonyl (C=O) groups is 1. The number of sulfonamides is 1. The van der Waals surface area contributed by atoms with Crippen LogP contribution in [0.25, 0.3) is 11.4 Å². The molecule has 32 heavy (non-hydrogen) atoms. The van der Waals surface area contributed by atoms with Crippen molar-refractivity contribution >= 4 is 15.9 Å². The average molecular weight is 456 g/mol. The Hall–Kier alpha value is -3.11. The number of halogens is 1. The summed E-state index contributed by atoms with van der Waals surface area (Å²) >= 11 is 0. The standard InChI is InChI=1S/C22H22FN5O3S/c23-17-8-4-5-9-18(17)32(30,31)27-12-10-22(11-13-27)14-19-24-21(16-6-2-1-3-7-16)26-28(19)15-20(29)25-22/h1-9H,10-15H2,(H,25,29). The number of carbonyl (C=O) groups excluding carboxylic acids is 1. The first-order valence-corrected chi connectivity index (χ1v) is 11.9. The van der Waals surface area contributed by atoms with Crippen LogP contribution in [0.1, 0.15) is 18.7 Å². The second-order valence-electron chi connectivity index (χ2n) is 8.22. The van der Waals surface area contributed by atoms with Gasteiger partial charge in [-0.2, -0.15) is 9.40 Å². The van der Waals surface area contributed by atoms with Crippen molar-refractivity contribution in [2.45, 2.75) is 36.2 Å². The fourth-order valence-corrected chi connectivity index (χ4v) is 5.92. The molecule has 0 bridgehead atoms. The van der Waals surface area contributed by atoms with Gasteiger partial charge in [-0.05, 0) is 25.0 Å². The number of rotatable bonds is 3. The van der Waals surface area contributed by atoms with E-state index in [0.29, 0.717) is 30.9 Å². The van der Waals surface area contributed by atoms with E-state index in [1.807, 2.05) is 30.3 Å². The van der Waals surface area contributed by atoms with Crippen LogP contribution in [0.15, 0.2) is 59.5 Å². The number of fused-ring (bicyclic) bond motifs is 1. The minimum absolute atomic E-state index is 0.0636. The molecule has 2 aliphatic heterocycles. The molecule has 3 aromatic rings. The number of nitrogens with one attached hydrogen (secondary N) is 1. The molecule has 2 aromatic carbocycles. The van der Waals surface area contributed by atoms with Crippen LogP contribution in [-0.4, -0.2) is 52.0 Å². The Morgan fingerprint density at radius 3 is 2.41 bits per heavy atom. The molecule has 1 fully saturated rings. The summed E-state index contributed by atoms with van der Waals surface area (Å²) in [5, 5.41) is 7.58. The molecule has 8 nitrogen and oxygen atoms in total. The van der Waals surface area contributed by atoms with Crippen molar-refractivity contribution in [2.24, 2.45) is 0 Å². The van der Waals surface area contributed by atoms with Gasteiger partial charge < -0.3 is 5.32 Å². The number of piperidine rings is 1. The lowest BCUT2D eigenvalue weighted by Crippen LogP contribution is -2.56. The van der Waals surface area contributed by atoms with Gasteiger partial charge in [-0.25, -0.2) is 22.5 Å². The second-order valence-corrected chi connectivity index (χ2v) is 10.1. The van der Waals surface area contributed by atoms with Crippen molar-refractivity contribution in [3.05, 3.63) is 66.2 Å². The molecule has 2 aliphatic rings. The zero-order valence-electron chi connectivity index (χ0n) is 17.2. The molecule has 0 radical (unpaired) electrons. The molecule has 0 atom stereocenters. The van der Waals surface area contributed by atoms with E-state index in [9.17, 15) is 17.6 Å². The fourth-order valence-electron chi connectivity index (χ4n) is 4.41. The first kappa shape index (κ1) is 20.8. The first-order valence-electron chi connectivity index (χ1n) is 10.4. The summed E-state index contributed by atoms with van der Waals surface area (Å²) in [6.07, 6.45) is 1.26.